The van der Waals surface area contributed by atoms with Crippen LogP contribution in [0.1, 0.15) is 10.4 Å². The molecule has 5 aromatic rings. The van der Waals surface area contributed by atoms with Gasteiger partial charge in [0.2, 0.25) is 0 Å². The lowest BCUT2D eigenvalue weighted by Crippen LogP contribution is -2.19. The first-order valence-electron chi connectivity index (χ1n) is 12.3. The van der Waals surface area contributed by atoms with Gasteiger partial charge in [0.15, 0.2) is 11.5 Å². The Kier molecular flexibility index (Phi) is 7.38. The molecule has 5 rings (SSSR count). The van der Waals surface area contributed by atoms with Crippen molar-refractivity contribution in [1.29, 1.82) is 0 Å². The first-order valence-corrected chi connectivity index (χ1v) is 12.3. The number of anilines is 1. The van der Waals surface area contributed by atoms with Crippen LogP contribution in [0.5, 0.6) is 23.0 Å². The maximum atomic E-state index is 12.7. The highest BCUT2D eigenvalue weighted by Crippen LogP contribution is 2.38. The van der Waals surface area contributed by atoms with Crippen LogP contribution in [-0.4, -0.2) is 50.1 Å². The lowest BCUT2D eigenvalue weighted by Gasteiger charge is -2.15. The minimum atomic E-state index is -0.152. The van der Waals surface area contributed by atoms with Gasteiger partial charge < -0.3 is 24.4 Å². The number of methoxy groups -OCH3 is 1. The number of amides is 1. The summed E-state index contributed by atoms with van der Waals surface area (Å²) in [5.74, 6) is 2.43. The van der Waals surface area contributed by atoms with E-state index in [1.807, 2.05) is 86.9 Å². The second kappa shape index (κ2) is 11.2. The Morgan fingerprint density at radius 1 is 0.868 bits per heavy atom. The second-order valence-corrected chi connectivity index (χ2v) is 9.09. The maximum Gasteiger partial charge on any atom is 0.255 e. The highest BCUT2D eigenvalue weighted by molar-refractivity contribution is 6.09. The first kappa shape index (κ1) is 25.0. The number of ether oxygens (including phenoxy) is 3. The Balaban J connectivity index is 1.41. The fourth-order valence-electron chi connectivity index (χ4n) is 4.17. The van der Waals surface area contributed by atoms with E-state index in [0.717, 1.165) is 33.9 Å². The summed E-state index contributed by atoms with van der Waals surface area (Å²) in [6, 6.07) is 26.3. The molecule has 4 aromatic carbocycles. The summed E-state index contributed by atoms with van der Waals surface area (Å²) in [5, 5.41) is 5.70. The van der Waals surface area contributed by atoms with Crippen molar-refractivity contribution in [2.75, 3.05) is 39.7 Å². The summed E-state index contributed by atoms with van der Waals surface area (Å²) in [7, 11) is 5.62. The molecular formula is C31H29N3O4. The molecule has 0 unspecified atom stereocenters. The van der Waals surface area contributed by atoms with Crippen molar-refractivity contribution in [2.24, 2.45) is 0 Å². The number of aromatic nitrogens is 1. The Labute approximate surface area is 221 Å². The van der Waals surface area contributed by atoms with Crippen molar-refractivity contribution >= 4 is 33.3 Å². The zero-order valence-electron chi connectivity index (χ0n) is 21.6. The molecule has 7 heteroatoms. The zero-order valence-corrected chi connectivity index (χ0v) is 21.6. The molecule has 0 fully saturated rings. The summed E-state index contributed by atoms with van der Waals surface area (Å²) in [5.41, 5.74) is 2.09. The molecule has 0 aliphatic rings. The van der Waals surface area contributed by atoms with Crippen LogP contribution in [0.3, 0.4) is 0 Å². The Morgan fingerprint density at radius 2 is 1.71 bits per heavy atom. The predicted octanol–water partition coefficient (Wildman–Crippen LogP) is 6.38. The molecule has 0 spiro atoms. The molecule has 38 heavy (non-hydrogen) atoms. The van der Waals surface area contributed by atoms with Gasteiger partial charge in [0.25, 0.3) is 5.91 Å². The topological polar surface area (TPSA) is 72.9 Å². The van der Waals surface area contributed by atoms with Gasteiger partial charge >= 0.3 is 0 Å². The summed E-state index contributed by atoms with van der Waals surface area (Å²) < 4.78 is 17.8. The fourth-order valence-corrected chi connectivity index (χ4v) is 4.17. The van der Waals surface area contributed by atoms with E-state index < -0.39 is 0 Å². The molecule has 7 nitrogen and oxygen atoms in total. The molecule has 0 aliphatic carbocycles. The van der Waals surface area contributed by atoms with Gasteiger partial charge in [-0.15, -0.1) is 0 Å². The summed E-state index contributed by atoms with van der Waals surface area (Å²) >= 11 is 0. The van der Waals surface area contributed by atoms with Crippen LogP contribution in [0.15, 0.2) is 91.1 Å². The molecule has 1 amide bonds. The van der Waals surface area contributed by atoms with Crippen LogP contribution in [0.2, 0.25) is 0 Å². The van der Waals surface area contributed by atoms with Crippen molar-refractivity contribution in [2.45, 2.75) is 0 Å². The van der Waals surface area contributed by atoms with Gasteiger partial charge in [0.05, 0.1) is 12.6 Å². The van der Waals surface area contributed by atoms with Gasteiger partial charge in [-0.25, -0.2) is 0 Å². The highest BCUT2D eigenvalue weighted by Gasteiger charge is 2.13. The number of benzene rings is 4. The van der Waals surface area contributed by atoms with Crippen molar-refractivity contribution in [3.8, 4) is 23.0 Å². The number of rotatable bonds is 9. The van der Waals surface area contributed by atoms with Crippen LogP contribution >= 0.6 is 0 Å². The van der Waals surface area contributed by atoms with Crippen molar-refractivity contribution in [3.05, 3.63) is 96.7 Å². The molecule has 0 atom stereocenters. The van der Waals surface area contributed by atoms with Gasteiger partial charge in [0, 0.05) is 40.8 Å². The van der Waals surface area contributed by atoms with Gasteiger partial charge in [-0.3, -0.25) is 9.78 Å². The van der Waals surface area contributed by atoms with E-state index >= 15 is 0 Å². The van der Waals surface area contributed by atoms with Crippen LogP contribution < -0.4 is 19.5 Å². The van der Waals surface area contributed by atoms with E-state index in [1.54, 1.807) is 25.4 Å². The number of carbonyl (C=O) groups excluding carboxylic acids is 1. The van der Waals surface area contributed by atoms with Gasteiger partial charge in [0.1, 0.15) is 18.1 Å². The average molecular weight is 508 g/mol. The quantitative estimate of drug-likeness (QED) is 0.250. The van der Waals surface area contributed by atoms with Crippen LogP contribution in [-0.2, 0) is 0 Å². The van der Waals surface area contributed by atoms with E-state index in [9.17, 15) is 4.79 Å². The van der Waals surface area contributed by atoms with Crippen molar-refractivity contribution in [1.82, 2.24) is 9.88 Å². The minimum absolute atomic E-state index is 0.152. The molecule has 0 aliphatic heterocycles. The third-order valence-corrected chi connectivity index (χ3v) is 6.15. The number of pyridine rings is 1. The fraction of sp³-hybridized carbons (Fsp3) is 0.161. The monoisotopic (exact) mass is 507 g/mol. The number of carbonyl (C=O) groups is 1. The summed E-state index contributed by atoms with van der Waals surface area (Å²) in [6.45, 7) is 1.33. The molecule has 1 heterocycles. The van der Waals surface area contributed by atoms with Crippen LogP contribution in [0.25, 0.3) is 21.7 Å². The van der Waals surface area contributed by atoms with Gasteiger partial charge in [-0.1, -0.05) is 30.3 Å². The molecule has 0 saturated heterocycles. The van der Waals surface area contributed by atoms with E-state index in [1.165, 1.54) is 0 Å². The average Bonchev–Trinajstić information content (AvgIpc) is 2.93. The molecular weight excluding hydrogens is 478 g/mol. The number of hydrogen-bond donors (Lipinski definition) is 1. The maximum absolute atomic E-state index is 12.7. The normalized spacial score (nSPS) is 11.1. The number of likely N-dealkylation sites (N-methyl/N-ethyl adjacent to an activating group) is 1. The Hall–Kier alpha value is -4.62. The van der Waals surface area contributed by atoms with E-state index in [0.29, 0.717) is 35.2 Å². The molecule has 1 aromatic heterocycles. The van der Waals surface area contributed by atoms with E-state index in [2.05, 4.69) is 15.2 Å². The van der Waals surface area contributed by atoms with Gasteiger partial charge in [-0.05, 0) is 68.0 Å². The summed E-state index contributed by atoms with van der Waals surface area (Å²) in [6.07, 6.45) is 1.71. The van der Waals surface area contributed by atoms with Gasteiger partial charge in [-0.2, -0.15) is 0 Å². The SMILES string of the molecule is COc1cc2c(Oc3ccc4c(NC(=O)c5ccccc5)cccc4c3)ccnc2cc1OCCN(C)C. The molecule has 0 radical (unpaired) electrons. The lowest BCUT2D eigenvalue weighted by atomic mass is 10.1. The molecule has 1 N–H and O–H groups in total. The van der Waals surface area contributed by atoms with Crippen LogP contribution in [0, 0.1) is 0 Å². The zero-order chi connectivity index (χ0) is 26.5. The first-order chi connectivity index (χ1) is 18.5. The number of nitrogens with one attached hydrogen (secondary N) is 1. The predicted molar refractivity (Wildman–Crippen MR) is 151 cm³/mol. The number of nitrogens with zero attached hydrogens (tertiary/aromatic N) is 2. The third-order valence-electron chi connectivity index (χ3n) is 6.15. The Bertz CT molecular complexity index is 1590. The highest BCUT2D eigenvalue weighted by atomic mass is 16.5. The third kappa shape index (κ3) is 5.53. The number of fused-ring (bicyclic) bond motifs is 2. The number of hydrogen-bond acceptors (Lipinski definition) is 6. The summed E-state index contributed by atoms with van der Waals surface area (Å²) in [4.78, 5) is 19.3. The van der Waals surface area contributed by atoms with Crippen LogP contribution in [0.4, 0.5) is 5.69 Å². The molecule has 192 valence electrons. The Morgan fingerprint density at radius 3 is 2.50 bits per heavy atom. The molecule has 0 saturated carbocycles. The minimum Gasteiger partial charge on any atom is -0.493 e. The van der Waals surface area contributed by atoms with Crippen molar-refractivity contribution in [3.63, 3.8) is 0 Å². The second-order valence-electron chi connectivity index (χ2n) is 9.09. The largest absolute Gasteiger partial charge is 0.493 e. The van der Waals surface area contributed by atoms with E-state index in [-0.39, 0.29) is 5.91 Å². The van der Waals surface area contributed by atoms with E-state index in [4.69, 9.17) is 14.2 Å². The smallest absolute Gasteiger partial charge is 0.255 e. The lowest BCUT2D eigenvalue weighted by molar-refractivity contribution is 0.102. The molecule has 0 bridgehead atoms. The van der Waals surface area contributed by atoms with Crippen molar-refractivity contribution < 1.29 is 19.0 Å². The standard InChI is InChI=1S/C31H29N3O4/c1-34(2)16-17-37-30-20-27-25(19-29(30)36-3)28(14-15-32-27)38-23-12-13-24-22(18-23)10-7-11-26(24)33-31(35)21-8-5-4-6-9-21/h4-15,18-20H,16-17H2,1-3H3,(H,33,35).